The molecule has 0 unspecified atom stereocenters. The molecule has 2 heterocycles. The third-order valence-corrected chi connectivity index (χ3v) is 5.06. The van der Waals surface area contributed by atoms with Crippen LogP contribution >= 0.6 is 0 Å². The molecule has 0 fully saturated rings. The van der Waals surface area contributed by atoms with Gasteiger partial charge in [0.05, 0.1) is 18.5 Å². The molecule has 142 valence electrons. The molecule has 0 aliphatic rings. The van der Waals surface area contributed by atoms with Crippen molar-refractivity contribution in [2.24, 2.45) is 0 Å². The summed E-state index contributed by atoms with van der Waals surface area (Å²) < 4.78 is 6.51. The van der Waals surface area contributed by atoms with Gasteiger partial charge in [-0.2, -0.15) is 0 Å². The molecule has 2 aromatic heterocycles. The average Bonchev–Trinajstić information content (AvgIpc) is 3.10. The predicted octanol–water partition coefficient (Wildman–Crippen LogP) is 3.84. The number of H-pyrrole nitrogens is 2. The van der Waals surface area contributed by atoms with Crippen molar-refractivity contribution in [3.63, 3.8) is 0 Å². The fourth-order valence-electron chi connectivity index (χ4n) is 3.56. The summed E-state index contributed by atoms with van der Waals surface area (Å²) in [6.07, 6.45) is 0. The van der Waals surface area contributed by atoms with E-state index < -0.39 is 5.56 Å². The van der Waals surface area contributed by atoms with Gasteiger partial charge in [0.25, 0.3) is 5.56 Å². The standard InChI is InChI=1S/C23H17N3O3/c1-29-18-10-8-17(9-11-18)26-23(28)21-20(27)13-19(24-22(21)25-26)16-7-6-14-4-2-3-5-15(14)12-16/h2-13H,1H3,(H2,24,25,27). The molecule has 0 amide bonds. The highest BCUT2D eigenvalue weighted by Gasteiger charge is 2.14. The van der Waals surface area contributed by atoms with Crippen LogP contribution in [-0.4, -0.2) is 21.9 Å². The Morgan fingerprint density at radius 3 is 2.38 bits per heavy atom. The monoisotopic (exact) mass is 383 g/mol. The Hall–Kier alpha value is -4.06. The molecule has 0 saturated heterocycles. The highest BCUT2D eigenvalue weighted by atomic mass is 16.5. The number of hydrogen-bond donors (Lipinski definition) is 2. The molecule has 6 nitrogen and oxygen atoms in total. The van der Waals surface area contributed by atoms with Gasteiger partial charge in [-0.3, -0.25) is 14.7 Å². The van der Waals surface area contributed by atoms with E-state index >= 15 is 0 Å². The van der Waals surface area contributed by atoms with Crippen molar-refractivity contribution in [3.05, 3.63) is 93.4 Å². The average molecular weight is 383 g/mol. The number of hydrogen-bond acceptors (Lipinski definition) is 3. The van der Waals surface area contributed by atoms with E-state index in [1.54, 1.807) is 31.4 Å². The summed E-state index contributed by atoms with van der Waals surface area (Å²) >= 11 is 0. The lowest BCUT2D eigenvalue weighted by Crippen LogP contribution is -2.18. The maximum Gasteiger partial charge on any atom is 0.284 e. The Balaban J connectivity index is 1.67. The van der Waals surface area contributed by atoms with Gasteiger partial charge in [0.1, 0.15) is 16.8 Å². The number of methoxy groups -OCH3 is 1. The third-order valence-electron chi connectivity index (χ3n) is 5.06. The number of pyridine rings is 1. The molecule has 5 rings (SSSR count). The van der Waals surface area contributed by atoms with E-state index in [9.17, 15) is 9.59 Å². The summed E-state index contributed by atoms with van der Waals surface area (Å²) in [6.45, 7) is 0. The van der Waals surface area contributed by atoms with Gasteiger partial charge in [-0.1, -0.05) is 36.4 Å². The zero-order chi connectivity index (χ0) is 20.0. The molecule has 0 bridgehead atoms. The third kappa shape index (κ3) is 2.82. The topological polar surface area (TPSA) is 79.9 Å². The second kappa shape index (κ2) is 6.53. The molecule has 0 saturated carbocycles. The second-order valence-electron chi connectivity index (χ2n) is 6.81. The molecule has 0 aliphatic carbocycles. The van der Waals surface area contributed by atoms with E-state index in [4.69, 9.17) is 4.74 Å². The lowest BCUT2D eigenvalue weighted by atomic mass is 10.0. The number of rotatable bonds is 3. The van der Waals surface area contributed by atoms with E-state index in [0.717, 1.165) is 16.3 Å². The number of ether oxygens (including phenoxy) is 1. The van der Waals surface area contributed by atoms with E-state index in [1.165, 1.54) is 10.7 Å². The largest absolute Gasteiger partial charge is 0.497 e. The Morgan fingerprint density at radius 1 is 0.862 bits per heavy atom. The Morgan fingerprint density at radius 2 is 1.62 bits per heavy atom. The number of nitrogens with zero attached hydrogens (tertiary/aromatic N) is 1. The first-order valence-corrected chi connectivity index (χ1v) is 9.16. The quantitative estimate of drug-likeness (QED) is 0.497. The first-order chi connectivity index (χ1) is 14.1. The molecule has 3 aromatic carbocycles. The van der Waals surface area contributed by atoms with Crippen molar-refractivity contribution in [2.45, 2.75) is 0 Å². The summed E-state index contributed by atoms with van der Waals surface area (Å²) in [6, 6.07) is 22.5. The SMILES string of the molecule is COc1ccc(-n2[nH]c3[nH]c(-c4ccc5ccccc5c4)cc(=O)c3c2=O)cc1. The molecule has 0 atom stereocenters. The van der Waals surface area contributed by atoms with Crippen LogP contribution in [0, 0.1) is 0 Å². The molecular weight excluding hydrogens is 366 g/mol. The Labute approximate surface area is 165 Å². The number of aromatic amines is 2. The molecule has 0 radical (unpaired) electrons. The van der Waals surface area contributed by atoms with Gasteiger partial charge in [0.2, 0.25) is 0 Å². The van der Waals surface area contributed by atoms with Crippen LogP contribution in [-0.2, 0) is 0 Å². The molecule has 0 aliphatic heterocycles. The van der Waals surface area contributed by atoms with E-state index in [1.807, 2.05) is 42.5 Å². The van der Waals surface area contributed by atoms with Gasteiger partial charge in [-0.15, -0.1) is 0 Å². The van der Waals surface area contributed by atoms with Crippen molar-refractivity contribution in [3.8, 4) is 22.7 Å². The minimum absolute atomic E-state index is 0.102. The number of aromatic nitrogens is 3. The van der Waals surface area contributed by atoms with Gasteiger partial charge in [-0.25, -0.2) is 4.68 Å². The summed E-state index contributed by atoms with van der Waals surface area (Å²) in [5.74, 6) is 0.688. The van der Waals surface area contributed by atoms with Crippen molar-refractivity contribution in [1.82, 2.24) is 14.8 Å². The van der Waals surface area contributed by atoms with Gasteiger partial charge in [-0.05, 0) is 46.7 Å². The summed E-state index contributed by atoms with van der Waals surface area (Å²) in [5.41, 5.74) is 1.82. The first kappa shape index (κ1) is 17.1. The van der Waals surface area contributed by atoms with Crippen molar-refractivity contribution in [2.75, 3.05) is 7.11 Å². The van der Waals surface area contributed by atoms with Gasteiger partial charge >= 0.3 is 0 Å². The van der Waals surface area contributed by atoms with Crippen molar-refractivity contribution in [1.29, 1.82) is 0 Å². The predicted molar refractivity (Wildman–Crippen MR) is 114 cm³/mol. The van der Waals surface area contributed by atoms with Crippen LogP contribution in [0.4, 0.5) is 0 Å². The van der Waals surface area contributed by atoms with Crippen LogP contribution in [0.2, 0.25) is 0 Å². The fraction of sp³-hybridized carbons (Fsp3) is 0.0435. The Bertz CT molecular complexity index is 1470. The van der Waals surface area contributed by atoms with Crippen LogP contribution in [0.15, 0.2) is 82.4 Å². The van der Waals surface area contributed by atoms with Gasteiger partial charge in [0, 0.05) is 6.07 Å². The smallest absolute Gasteiger partial charge is 0.284 e. The van der Waals surface area contributed by atoms with Gasteiger partial charge < -0.3 is 9.72 Å². The zero-order valence-corrected chi connectivity index (χ0v) is 15.6. The zero-order valence-electron chi connectivity index (χ0n) is 15.6. The van der Waals surface area contributed by atoms with Crippen LogP contribution in [0.3, 0.4) is 0 Å². The molecular formula is C23H17N3O3. The van der Waals surface area contributed by atoms with Gasteiger partial charge in [0.15, 0.2) is 5.43 Å². The van der Waals surface area contributed by atoms with Crippen LogP contribution in [0.1, 0.15) is 0 Å². The summed E-state index contributed by atoms with van der Waals surface area (Å²) in [4.78, 5) is 28.7. The molecule has 29 heavy (non-hydrogen) atoms. The minimum atomic E-state index is -0.392. The van der Waals surface area contributed by atoms with Crippen LogP contribution < -0.4 is 15.7 Å². The molecule has 5 aromatic rings. The van der Waals surface area contributed by atoms with Crippen molar-refractivity contribution >= 4 is 21.8 Å². The highest BCUT2D eigenvalue weighted by Crippen LogP contribution is 2.23. The van der Waals surface area contributed by atoms with Crippen molar-refractivity contribution < 1.29 is 4.74 Å². The van der Waals surface area contributed by atoms with E-state index in [2.05, 4.69) is 10.1 Å². The van der Waals surface area contributed by atoms with E-state index in [-0.39, 0.29) is 10.8 Å². The Kier molecular flexibility index (Phi) is 3.84. The lowest BCUT2D eigenvalue weighted by molar-refractivity contribution is 0.414. The maximum atomic E-state index is 12.8. The van der Waals surface area contributed by atoms with Crippen LogP contribution in [0.5, 0.6) is 5.75 Å². The molecule has 6 heteroatoms. The molecule has 2 N–H and O–H groups in total. The normalized spacial score (nSPS) is 11.2. The molecule has 0 spiro atoms. The second-order valence-corrected chi connectivity index (χ2v) is 6.81. The summed E-state index contributed by atoms with van der Waals surface area (Å²) in [5, 5.41) is 5.32. The number of benzene rings is 3. The minimum Gasteiger partial charge on any atom is -0.497 e. The fourth-order valence-corrected chi connectivity index (χ4v) is 3.56. The van der Waals surface area contributed by atoms with Crippen LogP contribution in [0.25, 0.3) is 38.8 Å². The van der Waals surface area contributed by atoms with E-state index in [0.29, 0.717) is 22.8 Å². The number of fused-ring (bicyclic) bond motifs is 2. The number of nitrogens with one attached hydrogen (secondary N) is 2. The lowest BCUT2D eigenvalue weighted by Gasteiger charge is -2.05. The highest BCUT2D eigenvalue weighted by molar-refractivity contribution is 5.87. The maximum absolute atomic E-state index is 12.8. The summed E-state index contributed by atoms with van der Waals surface area (Å²) in [7, 11) is 1.58. The first-order valence-electron chi connectivity index (χ1n) is 9.16.